The molecule has 1 heterocycles. The first-order valence-corrected chi connectivity index (χ1v) is 6.38. The number of hydrogen-bond acceptors (Lipinski definition) is 3. The Morgan fingerprint density at radius 3 is 3.00 bits per heavy atom. The quantitative estimate of drug-likeness (QED) is 0.826. The highest BCUT2D eigenvalue weighted by Crippen LogP contribution is 2.10. The number of nitrogens with one attached hydrogen (secondary N) is 1. The Hall–Kier alpha value is -0.900. The van der Waals surface area contributed by atoms with Crippen LogP contribution in [-0.2, 0) is 13.2 Å². The largest absolute Gasteiger partial charge is 0.392 e. The van der Waals surface area contributed by atoms with E-state index in [1.54, 1.807) is 0 Å². The Labute approximate surface area is 103 Å². The molecule has 0 amide bonds. The second kappa shape index (κ2) is 6.15. The van der Waals surface area contributed by atoms with Crippen LogP contribution in [0.1, 0.15) is 24.0 Å². The van der Waals surface area contributed by atoms with Gasteiger partial charge < -0.3 is 15.3 Å². The van der Waals surface area contributed by atoms with Gasteiger partial charge in [0.25, 0.3) is 0 Å². The summed E-state index contributed by atoms with van der Waals surface area (Å²) in [6, 6.07) is 8.75. The maximum atomic E-state index is 9.09. The summed E-state index contributed by atoms with van der Waals surface area (Å²) in [5, 5.41) is 12.7. The smallest absolute Gasteiger partial charge is 0.0681 e. The van der Waals surface area contributed by atoms with Crippen molar-refractivity contribution in [2.75, 3.05) is 20.1 Å². The lowest BCUT2D eigenvalue weighted by Gasteiger charge is -2.30. The molecule has 0 bridgehead atoms. The summed E-state index contributed by atoms with van der Waals surface area (Å²) in [7, 11) is 2.18. The molecule has 2 rings (SSSR count). The molecule has 1 aromatic rings. The van der Waals surface area contributed by atoms with Gasteiger partial charge in [0.05, 0.1) is 6.61 Å². The van der Waals surface area contributed by atoms with Gasteiger partial charge in [-0.3, -0.25) is 0 Å². The lowest BCUT2D eigenvalue weighted by Crippen LogP contribution is -2.43. The van der Waals surface area contributed by atoms with Crippen molar-refractivity contribution in [2.24, 2.45) is 0 Å². The molecule has 1 atom stereocenters. The Kier molecular flexibility index (Phi) is 4.54. The van der Waals surface area contributed by atoms with Crippen molar-refractivity contribution in [3.8, 4) is 0 Å². The molecule has 3 nitrogen and oxygen atoms in total. The van der Waals surface area contributed by atoms with Crippen molar-refractivity contribution in [2.45, 2.75) is 32.0 Å². The van der Waals surface area contributed by atoms with Crippen LogP contribution in [0.5, 0.6) is 0 Å². The van der Waals surface area contributed by atoms with Gasteiger partial charge in [-0.2, -0.15) is 0 Å². The summed E-state index contributed by atoms with van der Waals surface area (Å²) in [6.07, 6.45) is 2.55. The molecular formula is C14H22N2O. The predicted octanol–water partition coefficient (Wildman–Crippen LogP) is 1.36. The average molecular weight is 234 g/mol. The Balaban J connectivity index is 1.84. The molecule has 17 heavy (non-hydrogen) atoms. The van der Waals surface area contributed by atoms with Gasteiger partial charge in [-0.05, 0) is 37.6 Å². The number of hydrogen-bond donors (Lipinski definition) is 2. The summed E-state index contributed by atoms with van der Waals surface area (Å²) in [5.74, 6) is 0. The Bertz CT molecular complexity index is 354. The van der Waals surface area contributed by atoms with Crippen LogP contribution in [0, 0.1) is 0 Å². The van der Waals surface area contributed by atoms with Gasteiger partial charge in [0.1, 0.15) is 0 Å². The lowest BCUT2D eigenvalue weighted by molar-refractivity contribution is 0.226. The maximum Gasteiger partial charge on any atom is 0.0681 e. The standard InChI is InChI=1S/C14H22N2O/c1-16-7-3-6-14(10-16)15-9-12-4-2-5-13(8-12)11-17/h2,4-5,8,14-15,17H,3,6-7,9-11H2,1H3. The highest BCUT2D eigenvalue weighted by molar-refractivity contribution is 5.22. The van der Waals surface area contributed by atoms with Crippen LogP contribution in [0.4, 0.5) is 0 Å². The average Bonchev–Trinajstić information content (AvgIpc) is 2.37. The second-order valence-corrected chi connectivity index (χ2v) is 4.96. The molecule has 1 fully saturated rings. The molecule has 0 spiro atoms. The molecule has 0 radical (unpaired) electrons. The SMILES string of the molecule is CN1CCCC(NCc2cccc(CO)c2)C1. The molecule has 94 valence electrons. The van der Waals surface area contributed by atoms with Crippen molar-refractivity contribution in [3.05, 3.63) is 35.4 Å². The van der Waals surface area contributed by atoms with Gasteiger partial charge in [-0.1, -0.05) is 24.3 Å². The minimum absolute atomic E-state index is 0.125. The number of piperidine rings is 1. The number of benzene rings is 1. The van der Waals surface area contributed by atoms with Crippen LogP contribution in [0.2, 0.25) is 0 Å². The van der Waals surface area contributed by atoms with E-state index in [1.165, 1.54) is 24.9 Å². The molecule has 1 aliphatic heterocycles. The first kappa shape index (κ1) is 12.6. The highest BCUT2D eigenvalue weighted by Gasteiger charge is 2.15. The first-order chi connectivity index (χ1) is 8.28. The Morgan fingerprint density at radius 1 is 1.41 bits per heavy atom. The molecule has 0 saturated carbocycles. The number of nitrogens with zero attached hydrogens (tertiary/aromatic N) is 1. The molecule has 0 aliphatic carbocycles. The summed E-state index contributed by atoms with van der Waals surface area (Å²) >= 11 is 0. The Morgan fingerprint density at radius 2 is 2.24 bits per heavy atom. The monoisotopic (exact) mass is 234 g/mol. The number of likely N-dealkylation sites (tertiary alicyclic amines) is 1. The van der Waals surface area contributed by atoms with Gasteiger partial charge in [0.2, 0.25) is 0 Å². The zero-order valence-electron chi connectivity index (χ0n) is 10.5. The zero-order valence-corrected chi connectivity index (χ0v) is 10.5. The van der Waals surface area contributed by atoms with Gasteiger partial charge in [0.15, 0.2) is 0 Å². The van der Waals surface area contributed by atoms with Gasteiger partial charge >= 0.3 is 0 Å². The van der Waals surface area contributed by atoms with E-state index >= 15 is 0 Å². The van der Waals surface area contributed by atoms with E-state index < -0.39 is 0 Å². The van der Waals surface area contributed by atoms with Crippen LogP contribution in [-0.4, -0.2) is 36.2 Å². The van der Waals surface area contributed by atoms with Crippen LogP contribution in [0.3, 0.4) is 0 Å². The van der Waals surface area contributed by atoms with Gasteiger partial charge in [-0.15, -0.1) is 0 Å². The fraction of sp³-hybridized carbons (Fsp3) is 0.571. The minimum atomic E-state index is 0.125. The van der Waals surface area contributed by atoms with E-state index in [-0.39, 0.29) is 6.61 Å². The molecule has 0 aromatic heterocycles. The third kappa shape index (κ3) is 3.80. The normalized spacial score (nSPS) is 21.6. The summed E-state index contributed by atoms with van der Waals surface area (Å²) in [5.41, 5.74) is 2.25. The molecular weight excluding hydrogens is 212 g/mol. The van der Waals surface area contributed by atoms with Gasteiger partial charge in [-0.25, -0.2) is 0 Å². The molecule has 2 N–H and O–H groups in total. The molecule has 1 aromatic carbocycles. The summed E-state index contributed by atoms with van der Waals surface area (Å²) in [6.45, 7) is 3.38. The lowest BCUT2D eigenvalue weighted by atomic mass is 10.1. The highest BCUT2D eigenvalue weighted by atomic mass is 16.3. The summed E-state index contributed by atoms with van der Waals surface area (Å²) in [4.78, 5) is 2.38. The first-order valence-electron chi connectivity index (χ1n) is 6.38. The van der Waals surface area contributed by atoms with Crippen molar-refractivity contribution in [1.29, 1.82) is 0 Å². The van der Waals surface area contributed by atoms with E-state index in [1.807, 2.05) is 12.1 Å². The van der Waals surface area contributed by atoms with E-state index in [9.17, 15) is 0 Å². The maximum absolute atomic E-state index is 9.09. The number of rotatable bonds is 4. The van der Waals surface area contributed by atoms with Gasteiger partial charge in [0, 0.05) is 19.1 Å². The molecule has 1 saturated heterocycles. The van der Waals surface area contributed by atoms with Crippen LogP contribution >= 0.6 is 0 Å². The van der Waals surface area contributed by atoms with Crippen molar-refractivity contribution in [3.63, 3.8) is 0 Å². The third-order valence-electron chi connectivity index (χ3n) is 3.39. The minimum Gasteiger partial charge on any atom is -0.392 e. The predicted molar refractivity (Wildman–Crippen MR) is 69.7 cm³/mol. The molecule has 1 unspecified atom stereocenters. The van der Waals surface area contributed by atoms with Crippen LogP contribution in [0.25, 0.3) is 0 Å². The zero-order chi connectivity index (χ0) is 12.1. The van der Waals surface area contributed by atoms with E-state index in [0.717, 1.165) is 18.7 Å². The van der Waals surface area contributed by atoms with Crippen LogP contribution in [0.15, 0.2) is 24.3 Å². The molecule has 1 aliphatic rings. The molecule has 3 heteroatoms. The topological polar surface area (TPSA) is 35.5 Å². The van der Waals surface area contributed by atoms with Crippen molar-refractivity contribution < 1.29 is 5.11 Å². The van der Waals surface area contributed by atoms with E-state index in [4.69, 9.17) is 5.11 Å². The van der Waals surface area contributed by atoms with E-state index in [2.05, 4.69) is 29.4 Å². The second-order valence-electron chi connectivity index (χ2n) is 4.96. The van der Waals surface area contributed by atoms with E-state index in [0.29, 0.717) is 6.04 Å². The fourth-order valence-electron chi connectivity index (χ4n) is 2.43. The number of aliphatic hydroxyl groups is 1. The number of likely N-dealkylation sites (N-methyl/N-ethyl adjacent to an activating group) is 1. The summed E-state index contributed by atoms with van der Waals surface area (Å²) < 4.78 is 0. The van der Waals surface area contributed by atoms with Crippen molar-refractivity contribution >= 4 is 0 Å². The third-order valence-corrected chi connectivity index (χ3v) is 3.39. The van der Waals surface area contributed by atoms with Crippen molar-refractivity contribution in [1.82, 2.24) is 10.2 Å². The fourth-order valence-corrected chi connectivity index (χ4v) is 2.43. The van der Waals surface area contributed by atoms with Crippen LogP contribution < -0.4 is 5.32 Å². The number of aliphatic hydroxyl groups excluding tert-OH is 1.